The van der Waals surface area contributed by atoms with Crippen LogP contribution in [0.25, 0.3) is 0 Å². The second-order valence-electron chi connectivity index (χ2n) is 3.98. The molecule has 0 aromatic carbocycles. The van der Waals surface area contributed by atoms with Crippen LogP contribution in [0.1, 0.15) is 12.8 Å². The van der Waals surface area contributed by atoms with E-state index in [1.54, 1.807) is 0 Å². The minimum atomic E-state index is -1.05. The number of nitrogens with one attached hydrogen (secondary N) is 2. The quantitative estimate of drug-likeness (QED) is 0.454. The van der Waals surface area contributed by atoms with Crippen LogP contribution in [0.2, 0.25) is 0 Å². The number of carboxylic acid groups (broad SMARTS) is 1. The van der Waals surface area contributed by atoms with Crippen molar-refractivity contribution < 1.29 is 14.7 Å². The van der Waals surface area contributed by atoms with Gasteiger partial charge in [-0.05, 0) is 19.4 Å². The third-order valence-electron chi connectivity index (χ3n) is 2.72. The Morgan fingerprint density at radius 1 is 1.47 bits per heavy atom. The van der Waals surface area contributed by atoms with Gasteiger partial charge in [-0.3, -0.25) is 9.69 Å². The first-order valence-corrected chi connectivity index (χ1v) is 5.85. The zero-order chi connectivity index (χ0) is 12.7. The van der Waals surface area contributed by atoms with Crippen LogP contribution in [0.4, 0.5) is 4.79 Å². The maximum atomic E-state index is 11.8. The number of unbranched alkanes of at least 4 members (excludes halogenated alkanes) is 1. The summed E-state index contributed by atoms with van der Waals surface area (Å²) in [6, 6.07) is -0.626. The van der Waals surface area contributed by atoms with Crippen molar-refractivity contribution in [2.45, 2.75) is 18.9 Å². The molecule has 0 spiro atoms. The molecule has 0 aromatic heterocycles. The van der Waals surface area contributed by atoms with Gasteiger partial charge in [0.05, 0.1) is 0 Å². The van der Waals surface area contributed by atoms with Gasteiger partial charge >= 0.3 is 6.09 Å². The summed E-state index contributed by atoms with van der Waals surface area (Å²) in [4.78, 5) is 23.9. The van der Waals surface area contributed by atoms with Crippen molar-refractivity contribution >= 4 is 12.0 Å². The maximum Gasteiger partial charge on any atom is 0.408 e. The van der Waals surface area contributed by atoms with Gasteiger partial charge in [-0.15, -0.1) is 0 Å². The second-order valence-corrected chi connectivity index (χ2v) is 3.98. The van der Waals surface area contributed by atoms with Crippen molar-refractivity contribution in [1.29, 1.82) is 0 Å². The summed E-state index contributed by atoms with van der Waals surface area (Å²) in [5.41, 5.74) is 5.34. The van der Waals surface area contributed by atoms with Gasteiger partial charge in [0.2, 0.25) is 5.91 Å². The Hall–Kier alpha value is -1.34. The summed E-state index contributed by atoms with van der Waals surface area (Å²) >= 11 is 0. The van der Waals surface area contributed by atoms with E-state index in [0.29, 0.717) is 32.7 Å². The molecular formula is C10H20N4O3. The highest BCUT2D eigenvalue weighted by Crippen LogP contribution is 2.03. The Balaban J connectivity index is 2.39. The molecule has 1 unspecified atom stereocenters. The summed E-state index contributed by atoms with van der Waals surface area (Å²) in [6.07, 6.45) is 0.620. The van der Waals surface area contributed by atoms with Crippen molar-refractivity contribution in [3.8, 4) is 0 Å². The highest BCUT2D eigenvalue weighted by atomic mass is 16.4. The fraction of sp³-hybridized carbons (Fsp3) is 0.800. The molecule has 5 N–H and O–H groups in total. The first kappa shape index (κ1) is 13.7. The Bertz CT molecular complexity index is 272. The van der Waals surface area contributed by atoms with Gasteiger partial charge in [0.25, 0.3) is 0 Å². The molecule has 98 valence electrons. The molecule has 1 saturated heterocycles. The molecule has 1 atom stereocenters. The van der Waals surface area contributed by atoms with E-state index < -0.39 is 12.1 Å². The molecule has 0 saturated carbocycles. The maximum absolute atomic E-state index is 11.8. The molecular weight excluding hydrogens is 224 g/mol. The standard InChI is InChI=1S/C10H20N4O3/c11-3-1-2-4-13-9(15)8-7-12-5-6-14(8)10(16)17/h8,12H,1-7,11H2,(H,13,15)(H,16,17). The first-order valence-electron chi connectivity index (χ1n) is 5.85. The number of carbonyl (C=O) groups excluding carboxylic acids is 1. The number of rotatable bonds is 5. The third kappa shape index (κ3) is 4.20. The lowest BCUT2D eigenvalue weighted by Gasteiger charge is -2.32. The molecule has 0 aliphatic carbocycles. The fourth-order valence-electron chi connectivity index (χ4n) is 1.77. The molecule has 7 nitrogen and oxygen atoms in total. The van der Waals surface area contributed by atoms with Crippen LogP contribution in [0.3, 0.4) is 0 Å². The Labute approximate surface area is 100 Å². The van der Waals surface area contributed by atoms with E-state index in [9.17, 15) is 9.59 Å². The van der Waals surface area contributed by atoms with Gasteiger partial charge in [-0.2, -0.15) is 0 Å². The molecule has 0 radical (unpaired) electrons. The van der Waals surface area contributed by atoms with E-state index in [-0.39, 0.29) is 5.91 Å². The minimum Gasteiger partial charge on any atom is -0.465 e. The summed E-state index contributed by atoms with van der Waals surface area (Å²) in [6.45, 7) is 2.44. The van der Waals surface area contributed by atoms with Crippen LogP contribution in [-0.2, 0) is 4.79 Å². The van der Waals surface area contributed by atoms with Gasteiger partial charge in [0.15, 0.2) is 0 Å². The predicted molar refractivity (Wildman–Crippen MR) is 62.7 cm³/mol. The van der Waals surface area contributed by atoms with Gasteiger partial charge in [-0.25, -0.2) is 4.79 Å². The monoisotopic (exact) mass is 244 g/mol. The van der Waals surface area contributed by atoms with Crippen molar-refractivity contribution in [1.82, 2.24) is 15.5 Å². The molecule has 17 heavy (non-hydrogen) atoms. The number of piperazine rings is 1. The van der Waals surface area contributed by atoms with E-state index >= 15 is 0 Å². The molecule has 0 bridgehead atoms. The van der Waals surface area contributed by atoms with Crippen molar-refractivity contribution in [2.24, 2.45) is 5.73 Å². The Morgan fingerprint density at radius 3 is 2.88 bits per heavy atom. The smallest absolute Gasteiger partial charge is 0.408 e. The molecule has 7 heteroatoms. The summed E-state index contributed by atoms with van der Waals surface area (Å²) in [5.74, 6) is -0.239. The van der Waals surface area contributed by atoms with Crippen molar-refractivity contribution in [3.05, 3.63) is 0 Å². The normalized spacial score (nSPS) is 20.1. The topological polar surface area (TPSA) is 108 Å². The van der Waals surface area contributed by atoms with E-state index in [2.05, 4.69) is 10.6 Å². The number of hydrogen-bond acceptors (Lipinski definition) is 4. The van der Waals surface area contributed by atoms with Crippen molar-refractivity contribution in [3.63, 3.8) is 0 Å². The second kappa shape index (κ2) is 7.08. The highest BCUT2D eigenvalue weighted by Gasteiger charge is 2.31. The van der Waals surface area contributed by atoms with Gasteiger partial charge in [-0.1, -0.05) is 0 Å². The zero-order valence-electron chi connectivity index (χ0n) is 9.82. The lowest BCUT2D eigenvalue weighted by Crippen LogP contribution is -2.59. The minimum absolute atomic E-state index is 0.239. The number of carbonyl (C=O) groups is 2. The SMILES string of the molecule is NCCCCNC(=O)C1CNCCN1C(=O)O. The Kier molecular flexibility index (Phi) is 5.71. The van der Waals surface area contributed by atoms with Crippen LogP contribution < -0.4 is 16.4 Å². The molecule has 1 aliphatic rings. The highest BCUT2D eigenvalue weighted by molar-refractivity contribution is 5.85. The summed E-state index contributed by atoms with van der Waals surface area (Å²) < 4.78 is 0. The molecule has 0 aromatic rings. The predicted octanol–water partition coefficient (Wildman–Crippen LogP) is -1.21. The summed E-state index contributed by atoms with van der Waals surface area (Å²) in [5, 5.41) is 14.7. The molecule has 1 heterocycles. The van der Waals surface area contributed by atoms with Crippen LogP contribution in [0.15, 0.2) is 0 Å². The first-order chi connectivity index (χ1) is 8.16. The lowest BCUT2D eigenvalue weighted by molar-refractivity contribution is -0.126. The average molecular weight is 244 g/mol. The van der Waals surface area contributed by atoms with E-state index in [1.165, 1.54) is 4.90 Å². The molecule has 1 fully saturated rings. The third-order valence-corrected chi connectivity index (χ3v) is 2.72. The number of nitrogens with two attached hydrogens (primary N) is 1. The molecule has 1 aliphatic heterocycles. The fourth-order valence-corrected chi connectivity index (χ4v) is 1.77. The van der Waals surface area contributed by atoms with E-state index in [1.807, 2.05) is 0 Å². The summed E-state index contributed by atoms with van der Waals surface area (Å²) in [7, 11) is 0. The van der Waals surface area contributed by atoms with Crippen molar-refractivity contribution in [2.75, 3.05) is 32.7 Å². The number of nitrogens with zero attached hydrogens (tertiary/aromatic N) is 1. The average Bonchev–Trinajstić information content (AvgIpc) is 2.34. The van der Waals surface area contributed by atoms with Crippen LogP contribution in [0, 0.1) is 0 Å². The molecule has 1 rings (SSSR count). The van der Waals surface area contributed by atoms with Gasteiger partial charge in [0.1, 0.15) is 6.04 Å². The van der Waals surface area contributed by atoms with Crippen LogP contribution in [0.5, 0.6) is 0 Å². The lowest BCUT2D eigenvalue weighted by atomic mass is 10.2. The largest absolute Gasteiger partial charge is 0.465 e. The number of amides is 2. The van der Waals surface area contributed by atoms with Gasteiger partial charge in [0, 0.05) is 26.2 Å². The van der Waals surface area contributed by atoms with E-state index in [0.717, 1.165) is 12.8 Å². The van der Waals surface area contributed by atoms with Crippen LogP contribution in [-0.4, -0.2) is 60.8 Å². The van der Waals surface area contributed by atoms with Gasteiger partial charge < -0.3 is 21.5 Å². The Morgan fingerprint density at radius 2 is 2.24 bits per heavy atom. The van der Waals surface area contributed by atoms with Crippen LogP contribution >= 0.6 is 0 Å². The van der Waals surface area contributed by atoms with E-state index in [4.69, 9.17) is 10.8 Å². The molecule has 2 amide bonds. The zero-order valence-corrected chi connectivity index (χ0v) is 9.82. The number of hydrogen-bond donors (Lipinski definition) is 4.